The average Bonchev–Trinajstić information content (AvgIpc) is 2.36. The van der Waals surface area contributed by atoms with Crippen molar-refractivity contribution in [3.05, 3.63) is 23.8 Å². The van der Waals surface area contributed by atoms with Gasteiger partial charge >= 0.3 is 0 Å². The van der Waals surface area contributed by atoms with Gasteiger partial charge in [0.25, 0.3) is 0 Å². The molecule has 0 radical (unpaired) electrons. The molecule has 0 amide bonds. The van der Waals surface area contributed by atoms with E-state index in [0.717, 1.165) is 5.56 Å². The minimum atomic E-state index is -3.05. The van der Waals surface area contributed by atoms with Gasteiger partial charge in [-0.3, -0.25) is 0 Å². The average molecular weight is 285 g/mol. The number of hydrogen-bond acceptors (Lipinski definition) is 5. The Morgan fingerprint density at radius 1 is 1.26 bits per heavy atom. The van der Waals surface area contributed by atoms with Gasteiger partial charge < -0.3 is 14.8 Å². The van der Waals surface area contributed by atoms with E-state index < -0.39 is 9.84 Å². The number of hydrogen-bond donors (Lipinski definition) is 1. The summed E-state index contributed by atoms with van der Waals surface area (Å²) in [6.45, 7) is 3.72. The number of ether oxygens (including phenoxy) is 2. The van der Waals surface area contributed by atoms with E-state index >= 15 is 0 Å². The zero-order valence-electron chi connectivity index (χ0n) is 11.2. The van der Waals surface area contributed by atoms with Crippen LogP contribution >= 0.6 is 0 Å². The van der Waals surface area contributed by atoms with Gasteiger partial charge in [0, 0.05) is 12.3 Å². The topological polar surface area (TPSA) is 64.6 Å². The van der Waals surface area contributed by atoms with Crippen molar-refractivity contribution in [2.24, 2.45) is 0 Å². The second-order valence-electron chi connectivity index (χ2n) is 4.61. The maximum atomic E-state index is 11.5. The molecule has 0 saturated heterocycles. The summed E-state index contributed by atoms with van der Waals surface area (Å²) in [6, 6.07) is 5.34. The van der Waals surface area contributed by atoms with Crippen molar-refractivity contribution in [3.63, 3.8) is 0 Å². The van der Waals surface area contributed by atoms with Crippen molar-refractivity contribution in [3.8, 4) is 11.5 Å². The van der Waals surface area contributed by atoms with Crippen LogP contribution in [0.5, 0.6) is 11.5 Å². The predicted molar refractivity (Wildman–Crippen MR) is 73.6 cm³/mol. The smallest absolute Gasteiger partial charge is 0.161 e. The largest absolute Gasteiger partial charge is 0.486 e. The summed E-state index contributed by atoms with van der Waals surface area (Å²) in [5, 5.41) is 3.19. The van der Waals surface area contributed by atoms with Crippen LogP contribution in [0.4, 0.5) is 0 Å². The highest BCUT2D eigenvalue weighted by atomic mass is 32.2. The Hall–Kier alpha value is -1.27. The van der Waals surface area contributed by atoms with Crippen LogP contribution in [0.15, 0.2) is 18.2 Å². The van der Waals surface area contributed by atoms with Gasteiger partial charge in [-0.25, -0.2) is 8.42 Å². The molecule has 0 fully saturated rings. The molecule has 5 nitrogen and oxygen atoms in total. The molecule has 0 aromatic heterocycles. The van der Waals surface area contributed by atoms with E-state index in [1.54, 1.807) is 0 Å². The Kier molecular flexibility index (Phi) is 4.31. The first kappa shape index (κ1) is 14.1. The molecule has 1 aliphatic heterocycles. The van der Waals surface area contributed by atoms with Crippen molar-refractivity contribution in [2.45, 2.75) is 13.0 Å². The lowest BCUT2D eigenvalue weighted by atomic mass is 10.1. The van der Waals surface area contributed by atoms with Gasteiger partial charge in [-0.1, -0.05) is 13.0 Å². The summed E-state index contributed by atoms with van der Waals surface area (Å²) >= 11 is 0. The molecule has 1 N–H and O–H groups in total. The van der Waals surface area contributed by atoms with Crippen molar-refractivity contribution in [2.75, 3.05) is 31.8 Å². The number of nitrogens with one attached hydrogen (secondary N) is 1. The van der Waals surface area contributed by atoms with Crippen molar-refractivity contribution < 1.29 is 17.9 Å². The molecule has 1 heterocycles. The third-order valence-electron chi connectivity index (χ3n) is 2.89. The predicted octanol–water partition coefficient (Wildman–Crippen LogP) is 1.15. The lowest BCUT2D eigenvalue weighted by molar-refractivity contribution is 0.171. The van der Waals surface area contributed by atoms with E-state index in [1.807, 2.05) is 25.1 Å². The normalized spacial score (nSPS) is 16.1. The van der Waals surface area contributed by atoms with Gasteiger partial charge in [0.1, 0.15) is 23.1 Å². The summed E-state index contributed by atoms with van der Waals surface area (Å²) < 4.78 is 33.9. The fourth-order valence-corrected chi connectivity index (χ4v) is 3.01. The third kappa shape index (κ3) is 3.84. The Morgan fingerprint density at radius 3 is 2.58 bits per heavy atom. The maximum absolute atomic E-state index is 11.5. The Labute approximate surface area is 113 Å². The molecule has 1 atom stereocenters. The number of rotatable bonds is 5. The van der Waals surface area contributed by atoms with Crippen LogP contribution in [0.2, 0.25) is 0 Å². The molecule has 1 aromatic carbocycles. The highest BCUT2D eigenvalue weighted by Gasteiger charge is 2.19. The fraction of sp³-hybridized carbons (Fsp3) is 0.538. The molecule has 0 aliphatic carbocycles. The van der Waals surface area contributed by atoms with Crippen LogP contribution in [-0.2, 0) is 9.84 Å². The standard InChI is InChI=1S/C13H19NO4S/c1-3-14-11(9-19(2,15)16)10-4-5-12-13(8-10)18-7-6-17-12/h4-5,8,11,14H,3,6-7,9H2,1-2H3. The summed E-state index contributed by atoms with van der Waals surface area (Å²) in [6.07, 6.45) is 1.25. The quantitative estimate of drug-likeness (QED) is 0.879. The van der Waals surface area contributed by atoms with Crippen LogP contribution in [0, 0.1) is 0 Å². The molecule has 1 aliphatic rings. The molecule has 106 valence electrons. The Morgan fingerprint density at radius 2 is 1.95 bits per heavy atom. The van der Waals surface area contributed by atoms with E-state index in [1.165, 1.54) is 6.26 Å². The second kappa shape index (κ2) is 5.79. The second-order valence-corrected chi connectivity index (χ2v) is 6.79. The van der Waals surface area contributed by atoms with Crippen LogP contribution in [-0.4, -0.2) is 40.2 Å². The molecule has 1 aromatic rings. The van der Waals surface area contributed by atoms with E-state index in [4.69, 9.17) is 9.47 Å². The highest BCUT2D eigenvalue weighted by Crippen LogP contribution is 2.32. The van der Waals surface area contributed by atoms with Gasteiger partial charge in [0.05, 0.1) is 5.75 Å². The van der Waals surface area contributed by atoms with E-state index in [0.29, 0.717) is 31.3 Å². The van der Waals surface area contributed by atoms with Crippen LogP contribution in [0.25, 0.3) is 0 Å². The first-order valence-corrected chi connectivity index (χ1v) is 8.36. The molecule has 1 unspecified atom stereocenters. The molecule has 0 bridgehead atoms. The number of fused-ring (bicyclic) bond motifs is 1. The van der Waals surface area contributed by atoms with Crippen molar-refractivity contribution in [1.82, 2.24) is 5.32 Å². The van der Waals surface area contributed by atoms with Gasteiger partial charge in [0.2, 0.25) is 0 Å². The zero-order valence-corrected chi connectivity index (χ0v) is 12.0. The van der Waals surface area contributed by atoms with E-state index in [9.17, 15) is 8.42 Å². The Bertz CT molecular complexity index is 542. The SMILES string of the molecule is CCNC(CS(C)(=O)=O)c1ccc2c(c1)OCCO2. The third-order valence-corrected chi connectivity index (χ3v) is 3.83. The number of benzene rings is 1. The first-order chi connectivity index (χ1) is 8.99. The molecular weight excluding hydrogens is 266 g/mol. The van der Waals surface area contributed by atoms with Gasteiger partial charge in [0.15, 0.2) is 11.5 Å². The fourth-order valence-electron chi connectivity index (χ4n) is 2.10. The lowest BCUT2D eigenvalue weighted by Gasteiger charge is -2.22. The summed E-state index contributed by atoms with van der Waals surface area (Å²) in [7, 11) is -3.05. The summed E-state index contributed by atoms with van der Waals surface area (Å²) in [5.41, 5.74) is 0.900. The van der Waals surface area contributed by atoms with Crippen LogP contribution in [0.3, 0.4) is 0 Å². The van der Waals surface area contributed by atoms with E-state index in [-0.39, 0.29) is 11.8 Å². The molecule has 2 rings (SSSR count). The van der Waals surface area contributed by atoms with E-state index in [2.05, 4.69) is 5.32 Å². The van der Waals surface area contributed by atoms with Crippen molar-refractivity contribution >= 4 is 9.84 Å². The zero-order chi connectivity index (χ0) is 13.9. The molecule has 0 spiro atoms. The number of sulfone groups is 1. The molecule has 6 heteroatoms. The first-order valence-electron chi connectivity index (χ1n) is 6.30. The van der Waals surface area contributed by atoms with Crippen molar-refractivity contribution in [1.29, 1.82) is 0 Å². The Balaban J connectivity index is 2.26. The molecule has 0 saturated carbocycles. The van der Waals surface area contributed by atoms with Gasteiger partial charge in [-0.05, 0) is 24.2 Å². The minimum Gasteiger partial charge on any atom is -0.486 e. The van der Waals surface area contributed by atoms with Crippen LogP contribution < -0.4 is 14.8 Å². The monoisotopic (exact) mass is 285 g/mol. The van der Waals surface area contributed by atoms with Crippen LogP contribution in [0.1, 0.15) is 18.5 Å². The lowest BCUT2D eigenvalue weighted by Crippen LogP contribution is -2.28. The molecule has 19 heavy (non-hydrogen) atoms. The maximum Gasteiger partial charge on any atom is 0.161 e. The summed E-state index contributed by atoms with van der Waals surface area (Å²) in [5.74, 6) is 1.46. The van der Waals surface area contributed by atoms with Gasteiger partial charge in [-0.15, -0.1) is 0 Å². The van der Waals surface area contributed by atoms with Gasteiger partial charge in [-0.2, -0.15) is 0 Å². The molecular formula is C13H19NO4S. The highest BCUT2D eigenvalue weighted by molar-refractivity contribution is 7.90. The minimum absolute atomic E-state index is 0.0699. The summed E-state index contributed by atoms with van der Waals surface area (Å²) in [4.78, 5) is 0.